The molecule has 0 aliphatic heterocycles. The summed E-state index contributed by atoms with van der Waals surface area (Å²) in [5.41, 5.74) is 3.38. The molecule has 0 aliphatic rings. The molecule has 27 heavy (non-hydrogen) atoms. The molecule has 0 aliphatic carbocycles. The van der Waals surface area contributed by atoms with Gasteiger partial charge in [-0.15, -0.1) is 0 Å². The lowest BCUT2D eigenvalue weighted by Gasteiger charge is -2.15. The van der Waals surface area contributed by atoms with Crippen molar-refractivity contribution in [1.29, 1.82) is 0 Å². The molecular weight excluding hydrogens is 404 g/mol. The van der Waals surface area contributed by atoms with Gasteiger partial charge in [0.1, 0.15) is 16.0 Å². The van der Waals surface area contributed by atoms with Crippen molar-refractivity contribution in [2.45, 2.75) is 33.1 Å². The molecule has 139 valence electrons. The summed E-state index contributed by atoms with van der Waals surface area (Å²) in [5.74, 6) is 1.34. The molecule has 0 fully saturated rings. The zero-order chi connectivity index (χ0) is 19.4. The Kier molecular flexibility index (Phi) is 6.11. The van der Waals surface area contributed by atoms with E-state index in [1.165, 1.54) is 0 Å². The van der Waals surface area contributed by atoms with Crippen LogP contribution in [0.5, 0.6) is 5.75 Å². The van der Waals surface area contributed by atoms with E-state index in [0.717, 1.165) is 28.8 Å². The number of H-pyrrole nitrogens is 1. The SMILES string of the molecule is CCCOc1ccc(-c2c[c]ccc2)cc1-c1nc(C(C)C)c(Br)c(=O)[nH]1. The van der Waals surface area contributed by atoms with Crippen molar-refractivity contribution in [3.05, 3.63) is 69.1 Å². The molecule has 0 bridgehead atoms. The predicted octanol–water partition coefficient (Wildman–Crippen LogP) is 5.58. The summed E-state index contributed by atoms with van der Waals surface area (Å²) in [7, 11) is 0. The summed E-state index contributed by atoms with van der Waals surface area (Å²) in [5, 5.41) is 0. The fourth-order valence-electron chi connectivity index (χ4n) is 2.79. The molecule has 1 aromatic heterocycles. The number of ether oxygens (including phenoxy) is 1. The number of hydrogen-bond acceptors (Lipinski definition) is 3. The second kappa shape index (κ2) is 8.53. The van der Waals surface area contributed by atoms with E-state index in [4.69, 9.17) is 9.72 Å². The first-order valence-corrected chi connectivity index (χ1v) is 9.84. The first-order chi connectivity index (χ1) is 13.0. The molecule has 0 spiro atoms. The summed E-state index contributed by atoms with van der Waals surface area (Å²) in [6, 6.07) is 16.8. The Hall–Kier alpha value is -2.40. The second-order valence-corrected chi connectivity index (χ2v) is 7.41. The number of rotatable bonds is 6. The monoisotopic (exact) mass is 425 g/mol. The molecule has 3 aromatic rings. The van der Waals surface area contributed by atoms with Crippen molar-refractivity contribution in [2.75, 3.05) is 6.61 Å². The van der Waals surface area contributed by atoms with Crippen molar-refractivity contribution in [2.24, 2.45) is 0 Å². The maximum atomic E-state index is 12.4. The summed E-state index contributed by atoms with van der Waals surface area (Å²) in [4.78, 5) is 20.0. The molecule has 4 nitrogen and oxygen atoms in total. The van der Waals surface area contributed by atoms with Gasteiger partial charge in [-0.2, -0.15) is 0 Å². The fourth-order valence-corrected chi connectivity index (χ4v) is 3.44. The third-order valence-electron chi connectivity index (χ3n) is 4.17. The topological polar surface area (TPSA) is 55.0 Å². The van der Waals surface area contributed by atoms with Crippen LogP contribution in [0.4, 0.5) is 0 Å². The largest absolute Gasteiger partial charge is 0.493 e. The smallest absolute Gasteiger partial charge is 0.265 e. The average molecular weight is 426 g/mol. The van der Waals surface area contributed by atoms with Crippen molar-refractivity contribution in [1.82, 2.24) is 9.97 Å². The van der Waals surface area contributed by atoms with Gasteiger partial charge in [-0.05, 0) is 63.7 Å². The zero-order valence-corrected chi connectivity index (χ0v) is 17.3. The van der Waals surface area contributed by atoms with Crippen LogP contribution in [-0.2, 0) is 0 Å². The minimum atomic E-state index is -0.191. The average Bonchev–Trinajstić information content (AvgIpc) is 2.68. The van der Waals surface area contributed by atoms with Gasteiger partial charge in [0.2, 0.25) is 0 Å². The number of nitrogens with one attached hydrogen (secondary N) is 1. The summed E-state index contributed by atoms with van der Waals surface area (Å²) >= 11 is 3.36. The van der Waals surface area contributed by atoms with Crippen LogP contribution in [0, 0.1) is 6.07 Å². The van der Waals surface area contributed by atoms with Gasteiger partial charge in [0, 0.05) is 0 Å². The molecule has 1 radical (unpaired) electrons. The molecule has 0 unspecified atom stereocenters. The first-order valence-electron chi connectivity index (χ1n) is 9.04. The Morgan fingerprint density at radius 2 is 2.07 bits per heavy atom. The van der Waals surface area contributed by atoms with E-state index in [0.29, 0.717) is 22.7 Å². The quantitative estimate of drug-likeness (QED) is 0.560. The molecule has 0 saturated heterocycles. The standard InChI is InChI=1S/C22H22BrN2O2/c1-4-12-27-18-11-10-16(15-8-6-5-7-9-15)13-17(18)21-24-20(14(2)3)19(23)22(26)25-21/h5-6,8-11,13-14H,4,12H2,1-3H3,(H,24,25,26). The summed E-state index contributed by atoms with van der Waals surface area (Å²) in [6.45, 7) is 6.69. The van der Waals surface area contributed by atoms with Crippen LogP contribution in [-0.4, -0.2) is 16.6 Å². The van der Waals surface area contributed by atoms with Gasteiger partial charge >= 0.3 is 0 Å². The van der Waals surface area contributed by atoms with E-state index in [-0.39, 0.29) is 11.5 Å². The van der Waals surface area contributed by atoms with Crippen LogP contribution in [0.1, 0.15) is 38.8 Å². The lowest BCUT2D eigenvalue weighted by atomic mass is 10.0. The molecule has 0 amide bonds. The number of benzene rings is 2. The van der Waals surface area contributed by atoms with E-state index >= 15 is 0 Å². The highest BCUT2D eigenvalue weighted by Crippen LogP contribution is 2.33. The number of nitrogens with zero attached hydrogens (tertiary/aromatic N) is 1. The molecular formula is C22H22BrN2O2. The number of aromatic amines is 1. The molecule has 2 aromatic carbocycles. The molecule has 1 N–H and O–H groups in total. The number of hydrogen-bond donors (Lipinski definition) is 1. The molecule has 3 rings (SSSR count). The van der Waals surface area contributed by atoms with Crippen LogP contribution >= 0.6 is 15.9 Å². The van der Waals surface area contributed by atoms with Crippen LogP contribution in [0.2, 0.25) is 0 Å². The Balaban J connectivity index is 2.18. The number of halogens is 1. The Labute approximate surface area is 167 Å². The number of aromatic nitrogens is 2. The second-order valence-electron chi connectivity index (χ2n) is 6.62. The van der Waals surface area contributed by atoms with E-state index in [2.05, 4.69) is 33.9 Å². The maximum Gasteiger partial charge on any atom is 0.265 e. The summed E-state index contributed by atoms with van der Waals surface area (Å²) in [6.07, 6.45) is 0.899. The molecule has 0 atom stereocenters. The van der Waals surface area contributed by atoms with Crippen LogP contribution in [0.25, 0.3) is 22.5 Å². The minimum Gasteiger partial charge on any atom is -0.493 e. The molecule has 0 saturated carbocycles. The van der Waals surface area contributed by atoms with E-state index in [1.807, 2.05) is 56.3 Å². The Morgan fingerprint density at radius 3 is 2.74 bits per heavy atom. The van der Waals surface area contributed by atoms with Crippen molar-refractivity contribution in [3.63, 3.8) is 0 Å². The third-order valence-corrected chi connectivity index (χ3v) is 4.94. The maximum absolute atomic E-state index is 12.4. The lowest BCUT2D eigenvalue weighted by molar-refractivity contribution is 0.318. The van der Waals surface area contributed by atoms with Crippen LogP contribution in [0.3, 0.4) is 0 Å². The third kappa shape index (κ3) is 4.30. The minimum absolute atomic E-state index is 0.118. The predicted molar refractivity (Wildman–Crippen MR) is 112 cm³/mol. The van der Waals surface area contributed by atoms with Gasteiger partial charge in [0.25, 0.3) is 5.56 Å². The van der Waals surface area contributed by atoms with Gasteiger partial charge in [0.15, 0.2) is 0 Å². The van der Waals surface area contributed by atoms with E-state index < -0.39 is 0 Å². The van der Waals surface area contributed by atoms with Crippen molar-refractivity contribution < 1.29 is 4.74 Å². The highest BCUT2D eigenvalue weighted by Gasteiger charge is 2.17. The van der Waals surface area contributed by atoms with Crippen LogP contribution < -0.4 is 10.3 Å². The van der Waals surface area contributed by atoms with E-state index in [9.17, 15) is 4.79 Å². The highest BCUT2D eigenvalue weighted by molar-refractivity contribution is 9.10. The highest BCUT2D eigenvalue weighted by atomic mass is 79.9. The van der Waals surface area contributed by atoms with Crippen molar-refractivity contribution in [3.8, 4) is 28.3 Å². The van der Waals surface area contributed by atoms with Gasteiger partial charge < -0.3 is 9.72 Å². The van der Waals surface area contributed by atoms with Crippen LogP contribution in [0.15, 0.2) is 51.7 Å². The fraction of sp³-hybridized carbons (Fsp3) is 0.273. The van der Waals surface area contributed by atoms with Gasteiger partial charge in [-0.3, -0.25) is 4.79 Å². The Morgan fingerprint density at radius 1 is 1.26 bits per heavy atom. The first kappa shape index (κ1) is 19.4. The van der Waals surface area contributed by atoms with Gasteiger partial charge in [0.05, 0.1) is 17.9 Å². The van der Waals surface area contributed by atoms with Gasteiger partial charge in [-0.25, -0.2) is 4.98 Å². The molecule has 1 heterocycles. The zero-order valence-electron chi connectivity index (χ0n) is 15.7. The molecule has 5 heteroatoms. The normalized spacial score (nSPS) is 11.0. The van der Waals surface area contributed by atoms with Gasteiger partial charge in [-0.1, -0.05) is 45.0 Å². The Bertz CT molecular complexity index is 981. The van der Waals surface area contributed by atoms with Crippen molar-refractivity contribution >= 4 is 15.9 Å². The van der Waals surface area contributed by atoms with E-state index in [1.54, 1.807) is 0 Å². The summed E-state index contributed by atoms with van der Waals surface area (Å²) < 4.78 is 6.40. The lowest BCUT2D eigenvalue weighted by Crippen LogP contribution is -2.15.